The Morgan fingerprint density at radius 3 is 1.73 bits per heavy atom. The van der Waals surface area contributed by atoms with Gasteiger partial charge in [0.1, 0.15) is 6.61 Å². The summed E-state index contributed by atoms with van der Waals surface area (Å²) in [5.74, 6) is -0.244. The van der Waals surface area contributed by atoms with E-state index in [9.17, 15) is 4.79 Å². The third-order valence-corrected chi connectivity index (χ3v) is 5.67. The first-order chi connectivity index (χ1) is 14.8. The second-order valence-corrected chi connectivity index (χ2v) is 7.40. The first kappa shape index (κ1) is 16.9. The number of nitrogens with zero attached hydrogens (tertiary/aromatic N) is 2. The molecule has 0 fully saturated rings. The Bertz CT molecular complexity index is 1240. The molecule has 0 saturated heterocycles. The van der Waals surface area contributed by atoms with Crippen LogP contribution in [0.3, 0.4) is 0 Å². The summed E-state index contributed by atoms with van der Waals surface area (Å²) in [4.78, 5) is 16.5. The molecule has 0 aromatic heterocycles. The van der Waals surface area contributed by atoms with E-state index in [4.69, 9.17) is 4.74 Å². The minimum Gasteiger partial charge on any atom is -0.457 e. The Hall–Kier alpha value is -4.05. The normalized spacial score (nSPS) is 14.1. The largest absolute Gasteiger partial charge is 0.457 e. The Kier molecular flexibility index (Phi) is 3.65. The van der Waals surface area contributed by atoms with Crippen LogP contribution in [0.1, 0.15) is 15.9 Å². The van der Waals surface area contributed by atoms with Gasteiger partial charge in [0.2, 0.25) is 0 Å². The first-order valence-electron chi connectivity index (χ1n) is 9.95. The quantitative estimate of drug-likeness (QED) is 0.318. The maximum absolute atomic E-state index is 11.9. The molecular formula is C26H18N2O2. The first-order valence-corrected chi connectivity index (χ1v) is 9.95. The predicted molar refractivity (Wildman–Crippen MR) is 118 cm³/mol. The fourth-order valence-corrected chi connectivity index (χ4v) is 4.34. The van der Waals surface area contributed by atoms with Gasteiger partial charge in [-0.05, 0) is 54.6 Å². The summed E-state index contributed by atoms with van der Waals surface area (Å²) < 4.78 is 5.21. The van der Waals surface area contributed by atoms with Crippen molar-refractivity contribution in [3.05, 3.63) is 108 Å². The van der Waals surface area contributed by atoms with Crippen LogP contribution >= 0.6 is 0 Å². The second kappa shape index (κ2) is 6.49. The Morgan fingerprint density at radius 1 is 0.600 bits per heavy atom. The van der Waals surface area contributed by atoms with E-state index >= 15 is 0 Å². The minimum absolute atomic E-state index is 0.244. The highest BCUT2D eigenvalue weighted by atomic mass is 16.5. The SMILES string of the molecule is O=C1OCc2cc(N3c4ccccc4N(c4ccccc4)c4ccccc43)ccc21. The smallest absolute Gasteiger partial charge is 0.338 e. The van der Waals surface area contributed by atoms with Gasteiger partial charge in [-0.25, -0.2) is 4.79 Å². The van der Waals surface area contributed by atoms with Crippen LogP contribution in [0.2, 0.25) is 0 Å². The number of rotatable bonds is 2. The molecule has 30 heavy (non-hydrogen) atoms. The Labute approximate surface area is 174 Å². The zero-order valence-corrected chi connectivity index (χ0v) is 16.2. The number of ether oxygens (including phenoxy) is 1. The fraction of sp³-hybridized carbons (Fsp3) is 0.0385. The van der Waals surface area contributed by atoms with E-state index in [-0.39, 0.29) is 5.97 Å². The van der Waals surface area contributed by atoms with Gasteiger partial charge in [0.15, 0.2) is 0 Å². The topological polar surface area (TPSA) is 32.8 Å². The summed E-state index contributed by atoms with van der Waals surface area (Å²) in [7, 11) is 0. The van der Waals surface area contributed by atoms with Gasteiger partial charge in [-0.3, -0.25) is 0 Å². The van der Waals surface area contributed by atoms with Crippen LogP contribution in [-0.2, 0) is 11.3 Å². The van der Waals surface area contributed by atoms with Gasteiger partial charge in [-0.1, -0.05) is 42.5 Å². The maximum atomic E-state index is 11.9. The molecule has 4 aromatic carbocycles. The molecule has 4 heteroatoms. The van der Waals surface area contributed by atoms with Crippen molar-refractivity contribution in [1.82, 2.24) is 0 Å². The average molecular weight is 390 g/mol. The molecular weight excluding hydrogens is 372 g/mol. The van der Waals surface area contributed by atoms with Gasteiger partial charge < -0.3 is 14.5 Å². The van der Waals surface area contributed by atoms with Gasteiger partial charge in [0.25, 0.3) is 0 Å². The number of benzene rings is 4. The molecule has 2 aliphatic rings. The van der Waals surface area contributed by atoms with E-state index in [2.05, 4.69) is 88.7 Å². The fourth-order valence-electron chi connectivity index (χ4n) is 4.34. The summed E-state index contributed by atoms with van der Waals surface area (Å²) in [6, 6.07) is 33.1. The third kappa shape index (κ3) is 2.44. The number of carbonyl (C=O) groups is 1. The van der Waals surface area contributed by atoms with E-state index < -0.39 is 0 Å². The van der Waals surface area contributed by atoms with Crippen molar-refractivity contribution in [2.45, 2.75) is 6.61 Å². The molecule has 144 valence electrons. The summed E-state index contributed by atoms with van der Waals surface area (Å²) in [5.41, 5.74) is 8.10. The lowest BCUT2D eigenvalue weighted by Gasteiger charge is -2.40. The van der Waals surface area contributed by atoms with Crippen LogP contribution in [0.4, 0.5) is 34.1 Å². The molecule has 4 nitrogen and oxygen atoms in total. The molecule has 0 saturated carbocycles. The van der Waals surface area contributed by atoms with Gasteiger partial charge in [-0.2, -0.15) is 0 Å². The molecule has 2 aliphatic heterocycles. The molecule has 0 spiro atoms. The van der Waals surface area contributed by atoms with E-state index in [0.717, 1.165) is 39.7 Å². The number of para-hydroxylation sites is 5. The summed E-state index contributed by atoms with van der Waals surface area (Å²) >= 11 is 0. The molecule has 0 aliphatic carbocycles. The van der Waals surface area contributed by atoms with Crippen LogP contribution in [0, 0.1) is 0 Å². The molecule has 0 atom stereocenters. The highest BCUT2D eigenvalue weighted by Crippen LogP contribution is 2.53. The van der Waals surface area contributed by atoms with Crippen molar-refractivity contribution in [3.63, 3.8) is 0 Å². The van der Waals surface area contributed by atoms with Crippen molar-refractivity contribution in [3.8, 4) is 0 Å². The van der Waals surface area contributed by atoms with Crippen molar-refractivity contribution in [2.24, 2.45) is 0 Å². The molecule has 0 N–H and O–H groups in total. The van der Waals surface area contributed by atoms with Gasteiger partial charge >= 0.3 is 5.97 Å². The molecule has 4 aromatic rings. The van der Waals surface area contributed by atoms with Crippen LogP contribution in [0.25, 0.3) is 0 Å². The molecule has 0 amide bonds. The Morgan fingerprint density at radius 2 is 1.13 bits per heavy atom. The monoisotopic (exact) mass is 390 g/mol. The summed E-state index contributed by atoms with van der Waals surface area (Å²) in [6.45, 7) is 0.329. The number of anilines is 6. The van der Waals surface area contributed by atoms with E-state index in [0.29, 0.717) is 12.2 Å². The predicted octanol–water partition coefficient (Wildman–Crippen LogP) is 6.61. The number of hydrogen-bond donors (Lipinski definition) is 0. The van der Waals surface area contributed by atoms with Crippen LogP contribution in [0.15, 0.2) is 97.1 Å². The molecule has 0 bridgehead atoms. The van der Waals surface area contributed by atoms with Crippen molar-refractivity contribution < 1.29 is 9.53 Å². The minimum atomic E-state index is -0.244. The third-order valence-electron chi connectivity index (χ3n) is 5.67. The standard InChI is InChI=1S/C26H18N2O2/c29-26-21-15-14-20(16-18(21)17-30-26)28-24-12-6-4-10-22(24)27(19-8-2-1-3-9-19)23-11-5-7-13-25(23)28/h1-16H,17H2. The van der Waals surface area contributed by atoms with Crippen molar-refractivity contribution in [2.75, 3.05) is 9.80 Å². The number of cyclic esters (lactones) is 1. The van der Waals surface area contributed by atoms with E-state index in [1.54, 1.807) is 0 Å². The maximum Gasteiger partial charge on any atom is 0.338 e. The zero-order chi connectivity index (χ0) is 20.1. The lowest BCUT2D eigenvalue weighted by atomic mass is 10.0. The number of carbonyl (C=O) groups excluding carboxylic acids is 1. The van der Waals surface area contributed by atoms with Crippen LogP contribution in [-0.4, -0.2) is 5.97 Å². The lowest BCUT2D eigenvalue weighted by molar-refractivity contribution is 0.0535. The summed E-state index contributed by atoms with van der Waals surface area (Å²) in [6.07, 6.45) is 0. The number of hydrogen-bond acceptors (Lipinski definition) is 4. The van der Waals surface area contributed by atoms with Crippen molar-refractivity contribution >= 4 is 40.1 Å². The Balaban J connectivity index is 1.59. The highest BCUT2D eigenvalue weighted by molar-refractivity contribution is 6.02. The van der Waals surface area contributed by atoms with E-state index in [1.165, 1.54) is 0 Å². The average Bonchev–Trinajstić information content (AvgIpc) is 3.18. The second-order valence-electron chi connectivity index (χ2n) is 7.40. The van der Waals surface area contributed by atoms with Crippen LogP contribution < -0.4 is 9.80 Å². The summed E-state index contributed by atoms with van der Waals surface area (Å²) in [5, 5.41) is 0. The molecule has 0 radical (unpaired) electrons. The number of esters is 1. The van der Waals surface area contributed by atoms with Gasteiger partial charge in [0.05, 0.1) is 28.3 Å². The zero-order valence-electron chi connectivity index (χ0n) is 16.2. The molecule has 6 rings (SSSR count). The highest BCUT2D eigenvalue weighted by Gasteiger charge is 2.31. The van der Waals surface area contributed by atoms with Crippen LogP contribution in [0.5, 0.6) is 0 Å². The molecule has 0 unspecified atom stereocenters. The lowest BCUT2D eigenvalue weighted by Crippen LogP contribution is -2.23. The number of fused-ring (bicyclic) bond motifs is 3. The van der Waals surface area contributed by atoms with Crippen molar-refractivity contribution in [1.29, 1.82) is 0 Å². The van der Waals surface area contributed by atoms with Gasteiger partial charge in [0, 0.05) is 16.9 Å². The molecule has 2 heterocycles. The van der Waals surface area contributed by atoms with Gasteiger partial charge in [-0.15, -0.1) is 0 Å². The van der Waals surface area contributed by atoms with E-state index in [1.807, 2.05) is 18.2 Å².